The molecule has 10 atom stereocenters. The van der Waals surface area contributed by atoms with Crippen LogP contribution >= 0.6 is 0 Å². The van der Waals surface area contributed by atoms with Gasteiger partial charge in [-0.2, -0.15) is 0 Å². The van der Waals surface area contributed by atoms with E-state index in [9.17, 15) is 15.0 Å². The van der Waals surface area contributed by atoms with Crippen molar-refractivity contribution in [3.8, 4) is 0 Å². The van der Waals surface area contributed by atoms with Crippen LogP contribution in [0.3, 0.4) is 0 Å². The summed E-state index contributed by atoms with van der Waals surface area (Å²) >= 11 is 0. The molecule has 0 spiro atoms. The van der Waals surface area contributed by atoms with Crippen LogP contribution in [0.2, 0.25) is 0 Å². The summed E-state index contributed by atoms with van der Waals surface area (Å²) in [7, 11) is 1.73. The van der Waals surface area contributed by atoms with Crippen molar-refractivity contribution in [3.63, 3.8) is 0 Å². The second-order valence-electron chi connectivity index (χ2n) is 11.6. The lowest BCUT2D eigenvalue weighted by Gasteiger charge is -2.62. The fourth-order valence-electron chi connectivity index (χ4n) is 8.86. The Labute approximate surface area is 177 Å². The Bertz CT molecular complexity index is 623. The van der Waals surface area contributed by atoms with Gasteiger partial charge in [-0.15, -0.1) is 0 Å². The van der Waals surface area contributed by atoms with Crippen molar-refractivity contribution in [1.82, 2.24) is 5.32 Å². The molecule has 4 rings (SSSR count). The van der Waals surface area contributed by atoms with Crippen molar-refractivity contribution in [2.75, 3.05) is 7.05 Å². The van der Waals surface area contributed by atoms with E-state index >= 15 is 0 Å². The number of amides is 1. The molecule has 9 unspecified atom stereocenters. The largest absolute Gasteiger partial charge is 0.393 e. The molecule has 0 radical (unpaired) electrons. The van der Waals surface area contributed by atoms with Crippen molar-refractivity contribution in [1.29, 1.82) is 0 Å². The van der Waals surface area contributed by atoms with Crippen LogP contribution in [0.15, 0.2) is 0 Å². The van der Waals surface area contributed by atoms with E-state index in [1.807, 2.05) is 0 Å². The van der Waals surface area contributed by atoms with E-state index in [1.165, 1.54) is 25.7 Å². The minimum absolute atomic E-state index is 0.154. The molecule has 0 aliphatic heterocycles. The number of rotatable bonds is 4. The average molecular weight is 406 g/mol. The van der Waals surface area contributed by atoms with E-state index in [0.29, 0.717) is 52.8 Å². The van der Waals surface area contributed by atoms with Gasteiger partial charge in [-0.1, -0.05) is 20.8 Å². The molecule has 4 heteroatoms. The first kappa shape index (κ1) is 21.6. The first-order valence-corrected chi connectivity index (χ1v) is 12.3. The molecule has 0 aromatic carbocycles. The fourth-order valence-corrected chi connectivity index (χ4v) is 8.86. The van der Waals surface area contributed by atoms with E-state index in [-0.39, 0.29) is 18.1 Å². The number of hydrogen-bond acceptors (Lipinski definition) is 3. The highest BCUT2D eigenvalue weighted by atomic mass is 16.3. The van der Waals surface area contributed by atoms with Gasteiger partial charge in [0.15, 0.2) is 0 Å². The predicted molar refractivity (Wildman–Crippen MR) is 115 cm³/mol. The zero-order chi connectivity index (χ0) is 21.0. The summed E-state index contributed by atoms with van der Waals surface area (Å²) in [6, 6.07) is 0. The van der Waals surface area contributed by atoms with E-state index in [2.05, 4.69) is 26.1 Å². The molecule has 4 aliphatic carbocycles. The summed E-state index contributed by atoms with van der Waals surface area (Å²) in [4.78, 5) is 11.8. The van der Waals surface area contributed by atoms with Crippen LogP contribution in [0.1, 0.15) is 85.0 Å². The van der Waals surface area contributed by atoms with Gasteiger partial charge in [-0.25, -0.2) is 0 Å². The average Bonchev–Trinajstić information content (AvgIpc) is 3.04. The van der Waals surface area contributed by atoms with Crippen molar-refractivity contribution < 1.29 is 15.0 Å². The Morgan fingerprint density at radius 1 is 1.03 bits per heavy atom. The molecular weight excluding hydrogens is 362 g/mol. The zero-order valence-electron chi connectivity index (χ0n) is 19.0. The quantitative estimate of drug-likeness (QED) is 0.658. The minimum atomic E-state index is -0.201. The summed E-state index contributed by atoms with van der Waals surface area (Å²) < 4.78 is 0. The van der Waals surface area contributed by atoms with Gasteiger partial charge in [0, 0.05) is 13.5 Å². The second kappa shape index (κ2) is 7.82. The van der Waals surface area contributed by atoms with Crippen molar-refractivity contribution in [2.24, 2.45) is 46.3 Å². The molecule has 0 aromatic rings. The van der Waals surface area contributed by atoms with Gasteiger partial charge in [0.25, 0.3) is 0 Å². The lowest BCUT2D eigenvalue weighted by atomic mass is 9.43. The van der Waals surface area contributed by atoms with E-state index in [1.54, 1.807) is 7.05 Å². The summed E-state index contributed by atoms with van der Waals surface area (Å²) in [5.41, 5.74) is 0.606. The van der Waals surface area contributed by atoms with Crippen LogP contribution in [-0.4, -0.2) is 35.4 Å². The maximum atomic E-state index is 11.8. The van der Waals surface area contributed by atoms with Gasteiger partial charge in [0.2, 0.25) is 5.91 Å². The van der Waals surface area contributed by atoms with Crippen LogP contribution in [0, 0.1) is 46.3 Å². The fraction of sp³-hybridized carbons (Fsp3) is 0.960. The van der Waals surface area contributed by atoms with Crippen LogP contribution in [0.5, 0.6) is 0 Å². The number of fused-ring (bicyclic) bond motifs is 5. The van der Waals surface area contributed by atoms with Crippen LogP contribution in [0.25, 0.3) is 0 Å². The van der Waals surface area contributed by atoms with Crippen LogP contribution in [0.4, 0.5) is 0 Å². The molecule has 0 bridgehead atoms. The number of hydrogen-bond donors (Lipinski definition) is 3. The third kappa shape index (κ3) is 3.46. The Hall–Kier alpha value is -0.610. The van der Waals surface area contributed by atoms with Crippen molar-refractivity contribution in [3.05, 3.63) is 0 Å². The molecule has 1 amide bonds. The smallest absolute Gasteiger partial charge is 0.219 e. The Balaban J connectivity index is 1.53. The van der Waals surface area contributed by atoms with E-state index < -0.39 is 0 Å². The highest BCUT2D eigenvalue weighted by Crippen LogP contribution is 2.68. The first-order chi connectivity index (χ1) is 13.7. The van der Waals surface area contributed by atoms with E-state index in [4.69, 9.17) is 0 Å². The molecule has 29 heavy (non-hydrogen) atoms. The lowest BCUT2D eigenvalue weighted by Crippen LogP contribution is -2.58. The maximum absolute atomic E-state index is 11.8. The summed E-state index contributed by atoms with van der Waals surface area (Å²) in [6.07, 6.45) is 10.1. The lowest BCUT2D eigenvalue weighted by molar-refractivity contribution is -0.174. The molecular formula is C25H43NO3. The third-order valence-corrected chi connectivity index (χ3v) is 10.5. The molecule has 166 valence electrons. The van der Waals surface area contributed by atoms with Crippen molar-refractivity contribution in [2.45, 2.75) is 97.2 Å². The Morgan fingerprint density at radius 3 is 2.45 bits per heavy atom. The van der Waals surface area contributed by atoms with Gasteiger partial charge in [-0.05, 0) is 104 Å². The second-order valence-corrected chi connectivity index (χ2v) is 11.6. The predicted octanol–water partition coefficient (Wildman–Crippen LogP) is 4.14. The number of carbonyl (C=O) groups excluding carboxylic acids is 1. The summed E-state index contributed by atoms with van der Waals surface area (Å²) in [5.74, 6) is 3.53. The monoisotopic (exact) mass is 405 g/mol. The molecule has 4 saturated carbocycles. The third-order valence-electron chi connectivity index (χ3n) is 10.5. The molecule has 4 aliphatic rings. The Kier molecular flexibility index (Phi) is 5.83. The van der Waals surface area contributed by atoms with Gasteiger partial charge >= 0.3 is 0 Å². The highest BCUT2D eigenvalue weighted by Gasteiger charge is 2.62. The topological polar surface area (TPSA) is 69.6 Å². The maximum Gasteiger partial charge on any atom is 0.219 e. The molecule has 0 aromatic heterocycles. The normalized spacial score (nSPS) is 50.2. The highest BCUT2D eigenvalue weighted by molar-refractivity contribution is 5.75. The first-order valence-electron chi connectivity index (χ1n) is 12.3. The number of aliphatic hydroxyl groups is 2. The summed E-state index contributed by atoms with van der Waals surface area (Å²) in [5, 5.41) is 24.3. The summed E-state index contributed by atoms with van der Waals surface area (Å²) in [6.45, 7) is 7.34. The van der Waals surface area contributed by atoms with Crippen molar-refractivity contribution >= 4 is 5.91 Å². The zero-order valence-corrected chi connectivity index (χ0v) is 19.0. The SMILES string of the molecule is CNC(=O)CC[C@@H](C)C1CCC2C3C(O)CC4CC(O)CCC4(C)C3CCC21C. The molecule has 4 nitrogen and oxygen atoms in total. The van der Waals surface area contributed by atoms with Gasteiger partial charge < -0.3 is 15.5 Å². The Morgan fingerprint density at radius 2 is 1.72 bits per heavy atom. The number of carbonyl (C=O) groups is 1. The van der Waals surface area contributed by atoms with Gasteiger partial charge in [-0.3, -0.25) is 4.79 Å². The molecule has 0 saturated heterocycles. The van der Waals surface area contributed by atoms with Crippen LogP contribution < -0.4 is 5.32 Å². The molecule has 4 fully saturated rings. The van der Waals surface area contributed by atoms with Gasteiger partial charge in [0.1, 0.15) is 0 Å². The van der Waals surface area contributed by atoms with Gasteiger partial charge in [0.05, 0.1) is 12.2 Å². The van der Waals surface area contributed by atoms with Crippen LogP contribution in [-0.2, 0) is 4.79 Å². The number of aliphatic hydroxyl groups excluding tert-OH is 2. The number of nitrogens with one attached hydrogen (secondary N) is 1. The standard InChI is InChI=1S/C25H43NO3/c1-15(5-8-22(29)26-4)18-6-7-19-23-20(10-12-25(18,19)3)24(2)11-9-17(27)13-16(24)14-21(23)28/h15-21,23,27-28H,5-14H2,1-4H3,(H,26,29)/t15-,16?,17?,18?,19?,20?,21?,23?,24?,25?/m1/s1. The molecule has 3 N–H and O–H groups in total. The van der Waals surface area contributed by atoms with E-state index in [0.717, 1.165) is 32.1 Å². The molecule has 0 heterocycles. The minimum Gasteiger partial charge on any atom is -0.393 e.